The molecule has 3 rings (SSSR count). The Kier molecular flexibility index (Phi) is 3.07. The smallest absolute Gasteiger partial charge is 0.243 e. The molecule has 1 aromatic rings. The number of fused-ring (bicyclic) bond motifs is 2. The van der Waals surface area contributed by atoms with E-state index in [0.717, 1.165) is 25.0 Å². The monoisotopic (exact) mass is 288 g/mol. The molecule has 0 saturated carbocycles. The first-order valence-electron chi connectivity index (χ1n) is 6.19. The van der Waals surface area contributed by atoms with Gasteiger partial charge in [-0.2, -0.15) is 4.31 Å². The van der Waals surface area contributed by atoms with Crippen molar-refractivity contribution in [3.05, 3.63) is 29.8 Å². The van der Waals surface area contributed by atoms with Crippen molar-refractivity contribution in [1.29, 1.82) is 0 Å². The van der Waals surface area contributed by atoms with Gasteiger partial charge < -0.3 is 5.32 Å². The van der Waals surface area contributed by atoms with Gasteiger partial charge >= 0.3 is 0 Å². The average Bonchev–Trinajstić information content (AvgIpc) is 2.60. The summed E-state index contributed by atoms with van der Waals surface area (Å²) in [6.07, 6.45) is 1.57. The van der Waals surface area contributed by atoms with E-state index in [4.69, 9.17) is 0 Å². The highest BCUT2D eigenvalue weighted by molar-refractivity contribution is 7.89. The molecular weight excluding hydrogens is 274 g/mol. The van der Waals surface area contributed by atoms with Gasteiger partial charge in [-0.25, -0.2) is 17.2 Å². The molecule has 2 atom stereocenters. The summed E-state index contributed by atoms with van der Waals surface area (Å²) in [5.41, 5.74) is 0. The highest BCUT2D eigenvalue weighted by atomic mass is 32.2. The molecule has 0 amide bonds. The van der Waals surface area contributed by atoms with Gasteiger partial charge in [0.25, 0.3) is 0 Å². The minimum atomic E-state index is -3.83. The van der Waals surface area contributed by atoms with Crippen molar-refractivity contribution in [1.82, 2.24) is 9.62 Å². The summed E-state index contributed by atoms with van der Waals surface area (Å²) in [6.45, 7) is 1.18. The first-order valence-corrected chi connectivity index (χ1v) is 7.63. The van der Waals surface area contributed by atoms with Gasteiger partial charge in [-0.3, -0.25) is 0 Å². The molecule has 2 aliphatic rings. The molecule has 0 aromatic heterocycles. The van der Waals surface area contributed by atoms with Gasteiger partial charge in [0.1, 0.15) is 11.6 Å². The second kappa shape index (κ2) is 4.50. The van der Waals surface area contributed by atoms with Crippen LogP contribution in [0.5, 0.6) is 0 Å². The molecule has 19 heavy (non-hydrogen) atoms. The van der Waals surface area contributed by atoms with E-state index in [1.54, 1.807) is 0 Å². The third-order valence-electron chi connectivity index (χ3n) is 3.72. The van der Waals surface area contributed by atoms with E-state index in [0.29, 0.717) is 19.2 Å². The van der Waals surface area contributed by atoms with Crippen molar-refractivity contribution in [3.8, 4) is 0 Å². The summed E-state index contributed by atoms with van der Waals surface area (Å²) in [6, 6.07) is 2.19. The van der Waals surface area contributed by atoms with Crippen LogP contribution in [0.15, 0.2) is 23.1 Å². The van der Waals surface area contributed by atoms with Gasteiger partial charge in [0, 0.05) is 31.2 Å². The van der Waals surface area contributed by atoms with E-state index in [-0.39, 0.29) is 17.0 Å². The zero-order chi connectivity index (χ0) is 13.6. The predicted molar refractivity (Wildman–Crippen MR) is 65.1 cm³/mol. The quantitative estimate of drug-likeness (QED) is 0.886. The van der Waals surface area contributed by atoms with E-state index in [9.17, 15) is 17.2 Å². The van der Waals surface area contributed by atoms with Crippen LogP contribution in [0.2, 0.25) is 0 Å². The van der Waals surface area contributed by atoms with Gasteiger partial charge in [0.15, 0.2) is 0 Å². The van der Waals surface area contributed by atoms with Crippen molar-refractivity contribution in [2.75, 3.05) is 13.1 Å². The maximum absolute atomic E-state index is 13.2. The van der Waals surface area contributed by atoms with Crippen LogP contribution in [0.4, 0.5) is 8.78 Å². The number of benzene rings is 1. The maximum Gasteiger partial charge on any atom is 0.243 e. The number of nitrogens with zero attached hydrogens (tertiary/aromatic N) is 1. The van der Waals surface area contributed by atoms with E-state index in [1.165, 1.54) is 4.31 Å². The molecule has 2 fully saturated rings. The zero-order valence-electron chi connectivity index (χ0n) is 10.1. The molecule has 2 heterocycles. The largest absolute Gasteiger partial charge is 0.314 e. The Morgan fingerprint density at radius 2 is 1.58 bits per heavy atom. The summed E-state index contributed by atoms with van der Waals surface area (Å²) in [4.78, 5) is -0.302. The molecule has 2 aliphatic heterocycles. The highest BCUT2D eigenvalue weighted by Crippen LogP contribution is 2.33. The van der Waals surface area contributed by atoms with Crippen molar-refractivity contribution in [3.63, 3.8) is 0 Å². The van der Waals surface area contributed by atoms with Gasteiger partial charge in [0.2, 0.25) is 10.0 Å². The summed E-state index contributed by atoms with van der Waals surface area (Å²) >= 11 is 0. The van der Waals surface area contributed by atoms with Crippen molar-refractivity contribution >= 4 is 10.0 Å². The SMILES string of the molecule is O=S(=O)(c1cc(F)cc(F)c1)N1C2CCC1CNC2. The minimum Gasteiger partial charge on any atom is -0.314 e. The lowest BCUT2D eigenvalue weighted by Crippen LogP contribution is -2.53. The molecule has 2 bridgehead atoms. The third kappa shape index (κ3) is 2.15. The Labute approximate surface area is 110 Å². The molecule has 2 saturated heterocycles. The van der Waals surface area contributed by atoms with Gasteiger partial charge in [0.05, 0.1) is 4.90 Å². The average molecular weight is 288 g/mol. The van der Waals surface area contributed by atoms with Crippen molar-refractivity contribution in [2.24, 2.45) is 0 Å². The second-order valence-corrected chi connectivity index (χ2v) is 6.83. The topological polar surface area (TPSA) is 49.4 Å². The van der Waals surface area contributed by atoms with E-state index < -0.39 is 21.7 Å². The number of hydrogen-bond donors (Lipinski definition) is 1. The van der Waals surface area contributed by atoms with Crippen molar-refractivity contribution in [2.45, 2.75) is 29.8 Å². The predicted octanol–water partition coefficient (Wildman–Crippen LogP) is 1.09. The van der Waals surface area contributed by atoms with Crippen LogP contribution in [0.3, 0.4) is 0 Å². The standard InChI is InChI=1S/C12H14F2N2O2S/c13-8-3-9(14)5-12(4-8)19(17,18)16-10-1-2-11(16)7-15-6-10/h3-5,10-11,15H,1-2,6-7H2. The van der Waals surface area contributed by atoms with Crippen LogP contribution in [-0.2, 0) is 10.0 Å². The van der Waals surface area contributed by atoms with E-state index >= 15 is 0 Å². The number of hydrogen-bond acceptors (Lipinski definition) is 3. The molecule has 0 spiro atoms. The minimum absolute atomic E-state index is 0.116. The first-order chi connectivity index (χ1) is 8.98. The lowest BCUT2D eigenvalue weighted by Gasteiger charge is -2.34. The maximum atomic E-state index is 13.2. The summed E-state index contributed by atoms with van der Waals surface area (Å²) in [5, 5.41) is 3.17. The number of rotatable bonds is 2. The molecule has 0 radical (unpaired) electrons. The lowest BCUT2D eigenvalue weighted by molar-refractivity contribution is 0.263. The number of sulfonamides is 1. The van der Waals surface area contributed by atoms with Crippen LogP contribution in [0, 0.1) is 11.6 Å². The molecule has 0 aliphatic carbocycles. The molecule has 7 heteroatoms. The van der Waals surface area contributed by atoms with Gasteiger partial charge in [-0.1, -0.05) is 0 Å². The van der Waals surface area contributed by atoms with Crippen molar-refractivity contribution < 1.29 is 17.2 Å². The Balaban J connectivity index is 2.03. The van der Waals surface area contributed by atoms with Gasteiger partial charge in [-0.15, -0.1) is 0 Å². The first kappa shape index (κ1) is 13.0. The Hall–Kier alpha value is -1.05. The molecular formula is C12H14F2N2O2S. The van der Waals surface area contributed by atoms with Gasteiger partial charge in [-0.05, 0) is 25.0 Å². The second-order valence-electron chi connectivity index (χ2n) is 4.98. The molecule has 104 valence electrons. The summed E-state index contributed by atoms with van der Waals surface area (Å²) in [5.74, 6) is -1.75. The normalized spacial score (nSPS) is 27.7. The number of nitrogens with one attached hydrogen (secondary N) is 1. The summed E-state index contributed by atoms with van der Waals surface area (Å²) < 4.78 is 52.8. The molecule has 1 N–H and O–H groups in total. The molecule has 2 unspecified atom stereocenters. The Morgan fingerprint density at radius 1 is 1.05 bits per heavy atom. The Morgan fingerprint density at radius 3 is 2.11 bits per heavy atom. The summed E-state index contributed by atoms with van der Waals surface area (Å²) in [7, 11) is -3.83. The number of halogens is 2. The van der Waals surface area contributed by atoms with E-state index in [1.807, 2.05) is 0 Å². The fourth-order valence-electron chi connectivity index (χ4n) is 2.93. The molecule has 4 nitrogen and oxygen atoms in total. The van der Waals surface area contributed by atoms with Crippen LogP contribution in [0.25, 0.3) is 0 Å². The third-order valence-corrected chi connectivity index (χ3v) is 5.71. The fraction of sp³-hybridized carbons (Fsp3) is 0.500. The Bertz CT molecular complexity index is 569. The van der Waals surface area contributed by atoms with Crippen LogP contribution >= 0.6 is 0 Å². The van der Waals surface area contributed by atoms with Crippen LogP contribution in [-0.4, -0.2) is 37.9 Å². The van der Waals surface area contributed by atoms with Crippen LogP contribution < -0.4 is 5.32 Å². The lowest BCUT2D eigenvalue weighted by atomic mass is 10.2. The van der Waals surface area contributed by atoms with Crippen LogP contribution in [0.1, 0.15) is 12.8 Å². The fourth-order valence-corrected chi connectivity index (χ4v) is 4.84. The zero-order valence-corrected chi connectivity index (χ0v) is 11.0. The highest BCUT2D eigenvalue weighted by Gasteiger charge is 2.44. The number of piperazine rings is 1. The van der Waals surface area contributed by atoms with E-state index in [2.05, 4.69) is 5.32 Å². The molecule has 1 aromatic carbocycles.